The van der Waals surface area contributed by atoms with Gasteiger partial charge in [-0.15, -0.1) is 0 Å². The van der Waals surface area contributed by atoms with Crippen molar-refractivity contribution in [2.45, 2.75) is 19.3 Å². The van der Waals surface area contributed by atoms with Crippen LogP contribution in [0.1, 0.15) is 17.5 Å². The first-order valence-corrected chi connectivity index (χ1v) is 5.95. The number of hydrogen-bond acceptors (Lipinski definition) is 2. The average molecular weight is 204 g/mol. The minimum atomic E-state index is 1.14. The highest BCUT2D eigenvalue weighted by Crippen LogP contribution is 2.20. The van der Waals surface area contributed by atoms with Gasteiger partial charge in [-0.2, -0.15) is 0 Å². The maximum Gasteiger partial charge on any atom is 0.00772 e. The van der Waals surface area contributed by atoms with Gasteiger partial charge in [-0.25, -0.2) is 0 Å². The Morgan fingerprint density at radius 1 is 0.733 bits per heavy atom. The summed E-state index contributed by atoms with van der Waals surface area (Å²) in [5.41, 5.74) is 3.13. The van der Waals surface area contributed by atoms with Crippen LogP contribution in [0.4, 0.5) is 0 Å². The summed E-state index contributed by atoms with van der Waals surface area (Å²) in [4.78, 5) is 0. The highest BCUT2D eigenvalue weighted by atomic mass is 15.0. The fourth-order valence-electron chi connectivity index (χ4n) is 2.12. The maximum absolute atomic E-state index is 3.22. The Morgan fingerprint density at radius 2 is 1.20 bits per heavy atom. The molecule has 1 aliphatic carbocycles. The molecular weight excluding hydrogens is 184 g/mol. The van der Waals surface area contributed by atoms with E-state index in [1.165, 1.54) is 19.3 Å². The Labute approximate surface area is 92.1 Å². The largest absolute Gasteiger partial charge is 0.314 e. The lowest BCUT2D eigenvalue weighted by molar-refractivity contribution is 0.534. The van der Waals surface area contributed by atoms with Gasteiger partial charge in [0.15, 0.2) is 0 Å². The average Bonchev–Trinajstić information content (AvgIpc) is 2.80. The summed E-state index contributed by atoms with van der Waals surface area (Å²) in [6, 6.07) is 8.74. The second-order valence-corrected chi connectivity index (χ2v) is 4.12. The molecule has 15 heavy (non-hydrogen) atoms. The van der Waals surface area contributed by atoms with E-state index in [4.69, 9.17) is 0 Å². The Bertz CT molecular complexity index is 258. The van der Waals surface area contributed by atoms with Crippen molar-refractivity contribution < 1.29 is 0 Å². The fourth-order valence-corrected chi connectivity index (χ4v) is 2.12. The molecule has 0 bridgehead atoms. The number of hydrogen-bond donors (Lipinski definition) is 2. The minimum absolute atomic E-state index is 1.14. The Morgan fingerprint density at radius 3 is 1.60 bits per heavy atom. The van der Waals surface area contributed by atoms with E-state index in [2.05, 4.69) is 34.9 Å². The van der Waals surface area contributed by atoms with E-state index in [1.54, 1.807) is 11.1 Å². The molecule has 3 rings (SSSR count). The van der Waals surface area contributed by atoms with Crippen LogP contribution in [0.25, 0.3) is 0 Å². The van der Waals surface area contributed by atoms with Gasteiger partial charge < -0.3 is 10.6 Å². The normalized spacial score (nSPS) is 18.9. The molecule has 82 valence electrons. The van der Waals surface area contributed by atoms with Crippen molar-refractivity contribution in [1.29, 1.82) is 0 Å². The molecule has 1 saturated heterocycles. The number of nitrogens with one attached hydrogen (secondary N) is 2. The van der Waals surface area contributed by atoms with Gasteiger partial charge in [0.05, 0.1) is 0 Å². The molecule has 1 aromatic rings. The van der Waals surface area contributed by atoms with E-state index in [0.717, 1.165) is 26.2 Å². The molecule has 2 N–H and O–H groups in total. The molecule has 1 aliphatic heterocycles. The molecule has 0 radical (unpaired) electrons. The minimum Gasteiger partial charge on any atom is -0.314 e. The fraction of sp³-hybridized carbons (Fsp3) is 0.538. The zero-order valence-corrected chi connectivity index (χ0v) is 9.26. The van der Waals surface area contributed by atoms with E-state index >= 15 is 0 Å². The highest BCUT2D eigenvalue weighted by Gasteiger charge is 2.07. The van der Waals surface area contributed by atoms with Crippen molar-refractivity contribution in [3.05, 3.63) is 35.4 Å². The maximum atomic E-state index is 3.22. The van der Waals surface area contributed by atoms with E-state index in [-0.39, 0.29) is 0 Å². The molecule has 2 heteroatoms. The van der Waals surface area contributed by atoms with Gasteiger partial charge in [-0.1, -0.05) is 24.3 Å². The molecule has 0 atom stereocenters. The molecule has 0 aromatic heterocycles. The van der Waals surface area contributed by atoms with E-state index in [9.17, 15) is 0 Å². The molecule has 0 saturated carbocycles. The SMILES string of the molecule is C1CNCCN1.c1ccc2c(c1)CCC2. The summed E-state index contributed by atoms with van der Waals surface area (Å²) in [6.45, 7) is 4.56. The van der Waals surface area contributed by atoms with Crippen molar-refractivity contribution >= 4 is 0 Å². The van der Waals surface area contributed by atoms with Crippen molar-refractivity contribution in [3.63, 3.8) is 0 Å². The van der Waals surface area contributed by atoms with Crippen molar-refractivity contribution in [2.75, 3.05) is 26.2 Å². The predicted molar refractivity (Wildman–Crippen MR) is 64.2 cm³/mol. The van der Waals surface area contributed by atoms with Gasteiger partial charge in [-0.05, 0) is 30.4 Å². The van der Waals surface area contributed by atoms with Crippen molar-refractivity contribution in [2.24, 2.45) is 0 Å². The van der Waals surface area contributed by atoms with E-state index < -0.39 is 0 Å². The predicted octanol–water partition coefficient (Wildman–Crippen LogP) is 1.35. The first-order chi connectivity index (χ1) is 7.47. The standard InChI is InChI=1S/C9H10.C4H10N2/c1-2-5-9-7-3-6-8(9)4-1;1-2-6-4-3-5-1/h1-2,4-5H,3,6-7H2;5-6H,1-4H2. The van der Waals surface area contributed by atoms with Crippen LogP contribution in [0, 0.1) is 0 Å². The Hall–Kier alpha value is -0.860. The third kappa shape index (κ3) is 3.33. The second kappa shape index (κ2) is 5.89. The molecule has 1 fully saturated rings. The second-order valence-electron chi connectivity index (χ2n) is 4.12. The molecule has 2 aliphatic rings. The number of fused-ring (bicyclic) bond motifs is 1. The van der Waals surface area contributed by atoms with Crippen LogP contribution >= 0.6 is 0 Å². The quantitative estimate of drug-likeness (QED) is 0.666. The first-order valence-electron chi connectivity index (χ1n) is 5.95. The van der Waals surface area contributed by atoms with Crippen molar-refractivity contribution in [1.82, 2.24) is 10.6 Å². The molecule has 0 spiro atoms. The smallest absolute Gasteiger partial charge is 0.00772 e. The molecule has 0 amide bonds. The monoisotopic (exact) mass is 204 g/mol. The third-order valence-corrected chi connectivity index (χ3v) is 2.97. The van der Waals surface area contributed by atoms with Gasteiger partial charge in [-0.3, -0.25) is 0 Å². The van der Waals surface area contributed by atoms with Gasteiger partial charge >= 0.3 is 0 Å². The highest BCUT2D eigenvalue weighted by molar-refractivity contribution is 5.30. The molecule has 2 nitrogen and oxygen atoms in total. The number of benzene rings is 1. The number of rotatable bonds is 0. The van der Waals surface area contributed by atoms with Gasteiger partial charge in [0.25, 0.3) is 0 Å². The number of piperazine rings is 1. The van der Waals surface area contributed by atoms with Crippen molar-refractivity contribution in [3.8, 4) is 0 Å². The molecule has 1 aromatic carbocycles. The topological polar surface area (TPSA) is 24.1 Å². The number of aryl methyl sites for hydroxylation is 2. The van der Waals surface area contributed by atoms with Gasteiger partial charge in [0.2, 0.25) is 0 Å². The van der Waals surface area contributed by atoms with Gasteiger partial charge in [0.1, 0.15) is 0 Å². The first kappa shape index (κ1) is 10.7. The Kier molecular flexibility index (Phi) is 4.18. The zero-order chi connectivity index (χ0) is 10.3. The lowest BCUT2D eigenvalue weighted by atomic mass is 10.1. The van der Waals surface area contributed by atoms with Crippen LogP contribution in [0.2, 0.25) is 0 Å². The summed E-state index contributed by atoms with van der Waals surface area (Å²) in [7, 11) is 0. The lowest BCUT2D eigenvalue weighted by Crippen LogP contribution is -2.39. The summed E-state index contributed by atoms with van der Waals surface area (Å²) < 4.78 is 0. The molecule has 1 heterocycles. The van der Waals surface area contributed by atoms with Crippen LogP contribution in [0.5, 0.6) is 0 Å². The van der Waals surface area contributed by atoms with Crippen LogP contribution in [0.3, 0.4) is 0 Å². The van der Waals surface area contributed by atoms with E-state index in [1.807, 2.05) is 0 Å². The van der Waals surface area contributed by atoms with E-state index in [0.29, 0.717) is 0 Å². The summed E-state index contributed by atoms with van der Waals surface area (Å²) in [6.07, 6.45) is 3.96. The molecular formula is C13H20N2. The van der Waals surface area contributed by atoms with Gasteiger partial charge in [0, 0.05) is 26.2 Å². The lowest BCUT2D eigenvalue weighted by Gasteiger charge is -2.11. The van der Waals surface area contributed by atoms with Crippen LogP contribution < -0.4 is 10.6 Å². The van der Waals surface area contributed by atoms with Crippen LogP contribution in [0.15, 0.2) is 24.3 Å². The summed E-state index contributed by atoms with van der Waals surface area (Å²) in [5.74, 6) is 0. The third-order valence-electron chi connectivity index (χ3n) is 2.97. The van der Waals surface area contributed by atoms with Crippen LogP contribution in [-0.2, 0) is 12.8 Å². The summed E-state index contributed by atoms with van der Waals surface area (Å²) >= 11 is 0. The molecule has 0 unspecified atom stereocenters. The van der Waals surface area contributed by atoms with Crippen LogP contribution in [-0.4, -0.2) is 26.2 Å². The summed E-state index contributed by atoms with van der Waals surface area (Å²) in [5, 5.41) is 6.44. The Balaban J connectivity index is 0.000000124. The zero-order valence-electron chi connectivity index (χ0n) is 9.26.